The first-order valence-electron chi connectivity index (χ1n) is 9.78. The van der Waals surface area contributed by atoms with Crippen LogP contribution in [0, 0.1) is 21.4 Å². The lowest BCUT2D eigenvalue weighted by Crippen LogP contribution is -2.18. The maximum Gasteiger partial charge on any atom is 0.296 e. The van der Waals surface area contributed by atoms with Crippen LogP contribution in [0.3, 0.4) is 0 Å². The summed E-state index contributed by atoms with van der Waals surface area (Å²) in [4.78, 5) is 23.5. The normalized spacial score (nSPS) is 12.5. The minimum Gasteiger partial charge on any atom is -0.493 e. The maximum absolute atomic E-state index is 12.7. The Labute approximate surface area is 184 Å². The average Bonchev–Trinajstić information content (AvgIpc) is 2.80. The number of methoxy groups -OCH3 is 1. The van der Waals surface area contributed by atoms with Gasteiger partial charge in [-0.1, -0.05) is 13.0 Å². The quantitative estimate of drug-likeness (QED) is 0.285. The van der Waals surface area contributed by atoms with E-state index in [2.05, 4.69) is 5.32 Å². The van der Waals surface area contributed by atoms with Gasteiger partial charge in [0.1, 0.15) is 30.5 Å². The van der Waals surface area contributed by atoms with Crippen LogP contribution in [0.4, 0.5) is 11.4 Å². The van der Waals surface area contributed by atoms with E-state index < -0.39 is 10.8 Å². The van der Waals surface area contributed by atoms with E-state index in [-0.39, 0.29) is 41.7 Å². The smallest absolute Gasteiger partial charge is 0.296 e. The molecule has 0 saturated heterocycles. The fraction of sp³-hybridized carbons (Fsp3) is 0.273. The first kappa shape index (κ1) is 22.4. The molecule has 0 aliphatic carbocycles. The highest BCUT2D eigenvalue weighted by molar-refractivity contribution is 6.10. The monoisotopic (exact) mass is 439 g/mol. The van der Waals surface area contributed by atoms with E-state index >= 15 is 0 Å². The summed E-state index contributed by atoms with van der Waals surface area (Å²) in [6.07, 6.45) is 2.15. The van der Waals surface area contributed by atoms with Crippen LogP contribution in [0.2, 0.25) is 0 Å². The number of nitro groups is 1. The van der Waals surface area contributed by atoms with Crippen LogP contribution in [0.1, 0.15) is 18.9 Å². The summed E-state index contributed by atoms with van der Waals surface area (Å²) < 4.78 is 21.7. The number of nitro benzene ring substituents is 1. The van der Waals surface area contributed by atoms with Crippen molar-refractivity contribution < 1.29 is 28.7 Å². The van der Waals surface area contributed by atoms with E-state index in [0.717, 1.165) is 6.42 Å². The zero-order valence-electron chi connectivity index (χ0n) is 17.5. The molecule has 1 aliphatic heterocycles. The van der Waals surface area contributed by atoms with Crippen LogP contribution in [-0.2, 0) is 4.79 Å². The molecule has 0 unspecified atom stereocenters. The van der Waals surface area contributed by atoms with Gasteiger partial charge in [0.05, 0.1) is 24.7 Å². The summed E-state index contributed by atoms with van der Waals surface area (Å²) in [6.45, 7) is 2.98. The Kier molecular flexibility index (Phi) is 7.13. The molecule has 1 amide bonds. The van der Waals surface area contributed by atoms with Crippen LogP contribution >= 0.6 is 0 Å². The van der Waals surface area contributed by atoms with Gasteiger partial charge in [0, 0.05) is 6.07 Å². The number of ether oxygens (including phenoxy) is 4. The van der Waals surface area contributed by atoms with E-state index in [1.165, 1.54) is 25.3 Å². The molecule has 3 rings (SSSR count). The van der Waals surface area contributed by atoms with Gasteiger partial charge in [0.2, 0.25) is 0 Å². The van der Waals surface area contributed by atoms with Crippen molar-refractivity contribution in [3.63, 3.8) is 0 Å². The van der Waals surface area contributed by atoms with Gasteiger partial charge in [-0.3, -0.25) is 14.9 Å². The number of carbonyl (C=O) groups is 1. The number of hydrogen-bond donors (Lipinski definition) is 1. The standard InChI is InChI=1S/C22H21N3O7/c1-3-6-30-19-10-14(4-5-18(19)29-2)9-15(13-23)22(26)24-16-11-20-21(32-8-7-31-20)12-17(16)25(27)28/h4-5,9-12H,3,6-8H2,1-2H3,(H,24,26)/b15-9+. The number of amides is 1. The first-order valence-corrected chi connectivity index (χ1v) is 9.78. The Balaban J connectivity index is 1.89. The second-order valence-corrected chi connectivity index (χ2v) is 6.65. The molecule has 1 heterocycles. The molecule has 0 spiro atoms. The van der Waals surface area contributed by atoms with Crippen molar-refractivity contribution in [2.75, 3.05) is 32.2 Å². The summed E-state index contributed by atoms with van der Waals surface area (Å²) in [7, 11) is 1.51. The average molecular weight is 439 g/mol. The van der Waals surface area contributed by atoms with Crippen molar-refractivity contribution in [2.45, 2.75) is 13.3 Å². The third-order valence-corrected chi connectivity index (χ3v) is 4.43. The fourth-order valence-electron chi connectivity index (χ4n) is 2.94. The summed E-state index contributed by atoms with van der Waals surface area (Å²) in [5, 5.41) is 23.4. The third kappa shape index (κ3) is 5.07. The molecule has 0 atom stereocenters. The Morgan fingerprint density at radius 3 is 2.59 bits per heavy atom. The largest absolute Gasteiger partial charge is 0.493 e. The second-order valence-electron chi connectivity index (χ2n) is 6.65. The molecule has 0 fully saturated rings. The molecule has 1 aliphatic rings. The van der Waals surface area contributed by atoms with Crippen molar-refractivity contribution in [3.05, 3.63) is 51.6 Å². The van der Waals surface area contributed by atoms with E-state index in [1.807, 2.05) is 13.0 Å². The molecule has 10 nitrogen and oxygen atoms in total. The zero-order chi connectivity index (χ0) is 23.1. The minimum atomic E-state index is -0.806. The van der Waals surface area contributed by atoms with Gasteiger partial charge in [-0.05, 0) is 30.2 Å². The van der Waals surface area contributed by atoms with Crippen LogP contribution in [0.15, 0.2) is 35.9 Å². The minimum absolute atomic E-state index is 0.105. The number of nitriles is 1. The lowest BCUT2D eigenvalue weighted by molar-refractivity contribution is -0.384. The second kappa shape index (κ2) is 10.2. The lowest BCUT2D eigenvalue weighted by atomic mass is 10.1. The lowest BCUT2D eigenvalue weighted by Gasteiger charge is -2.19. The number of carbonyl (C=O) groups excluding carboxylic acids is 1. The Morgan fingerprint density at radius 2 is 1.97 bits per heavy atom. The molecule has 0 radical (unpaired) electrons. The molecule has 0 bridgehead atoms. The van der Waals surface area contributed by atoms with E-state index in [0.29, 0.717) is 23.7 Å². The Morgan fingerprint density at radius 1 is 1.25 bits per heavy atom. The van der Waals surface area contributed by atoms with Gasteiger partial charge in [0.25, 0.3) is 11.6 Å². The van der Waals surface area contributed by atoms with Crippen molar-refractivity contribution in [2.24, 2.45) is 0 Å². The van der Waals surface area contributed by atoms with Crippen LogP contribution in [-0.4, -0.2) is 37.8 Å². The molecule has 2 aromatic rings. The zero-order valence-corrected chi connectivity index (χ0v) is 17.5. The number of fused-ring (bicyclic) bond motifs is 1. The predicted octanol–water partition coefficient (Wildman–Crippen LogP) is 3.71. The molecule has 0 aromatic heterocycles. The van der Waals surface area contributed by atoms with Gasteiger partial charge in [-0.25, -0.2) is 0 Å². The van der Waals surface area contributed by atoms with Crippen molar-refractivity contribution >= 4 is 23.4 Å². The SMILES string of the molecule is CCCOc1cc(/C=C(\C#N)C(=O)Nc2cc3c(cc2[N+](=O)[O-])OCCO3)ccc1OC. The molecule has 2 aromatic carbocycles. The van der Waals surface area contributed by atoms with Crippen LogP contribution in [0.5, 0.6) is 23.0 Å². The maximum atomic E-state index is 12.7. The fourth-order valence-corrected chi connectivity index (χ4v) is 2.94. The molecular weight excluding hydrogens is 418 g/mol. The van der Waals surface area contributed by atoms with E-state index in [9.17, 15) is 20.2 Å². The highest BCUT2D eigenvalue weighted by atomic mass is 16.6. The highest BCUT2D eigenvalue weighted by Crippen LogP contribution is 2.39. The number of nitrogens with zero attached hydrogens (tertiary/aromatic N) is 2. The summed E-state index contributed by atoms with van der Waals surface area (Å²) >= 11 is 0. The van der Waals surface area contributed by atoms with Gasteiger partial charge in [-0.15, -0.1) is 0 Å². The first-order chi connectivity index (χ1) is 15.5. The number of anilines is 1. The van der Waals surface area contributed by atoms with Gasteiger partial charge < -0.3 is 24.3 Å². The number of benzene rings is 2. The topological polar surface area (TPSA) is 133 Å². The molecule has 166 valence electrons. The van der Waals surface area contributed by atoms with Crippen molar-refractivity contribution in [3.8, 4) is 29.1 Å². The van der Waals surface area contributed by atoms with Crippen molar-refractivity contribution in [1.29, 1.82) is 5.26 Å². The molecule has 1 N–H and O–H groups in total. The van der Waals surface area contributed by atoms with E-state index in [1.54, 1.807) is 18.2 Å². The van der Waals surface area contributed by atoms with E-state index in [4.69, 9.17) is 18.9 Å². The Hall–Kier alpha value is -4.26. The molecule has 10 heteroatoms. The van der Waals surface area contributed by atoms with Gasteiger partial charge >= 0.3 is 0 Å². The molecular formula is C22H21N3O7. The predicted molar refractivity (Wildman–Crippen MR) is 115 cm³/mol. The van der Waals surface area contributed by atoms with Gasteiger partial charge in [-0.2, -0.15) is 5.26 Å². The number of nitrogens with one attached hydrogen (secondary N) is 1. The summed E-state index contributed by atoms with van der Waals surface area (Å²) in [6, 6.07) is 9.28. The van der Waals surface area contributed by atoms with Crippen LogP contribution < -0.4 is 24.3 Å². The summed E-state index contributed by atoms with van der Waals surface area (Å²) in [5.74, 6) is 0.676. The summed E-state index contributed by atoms with van der Waals surface area (Å²) in [5.41, 5.74) is -0.201. The molecule has 32 heavy (non-hydrogen) atoms. The third-order valence-electron chi connectivity index (χ3n) is 4.43. The van der Waals surface area contributed by atoms with Crippen molar-refractivity contribution in [1.82, 2.24) is 0 Å². The Bertz CT molecular complexity index is 1110. The van der Waals surface area contributed by atoms with Gasteiger partial charge in [0.15, 0.2) is 23.0 Å². The number of rotatable bonds is 8. The highest BCUT2D eigenvalue weighted by Gasteiger charge is 2.24. The number of hydrogen-bond acceptors (Lipinski definition) is 8. The molecule has 0 saturated carbocycles. The van der Waals surface area contributed by atoms with Crippen LogP contribution in [0.25, 0.3) is 6.08 Å².